The third-order valence-corrected chi connectivity index (χ3v) is 3.95. The number of para-hydroxylation sites is 2. The quantitative estimate of drug-likeness (QED) is 0.336. The summed E-state index contributed by atoms with van der Waals surface area (Å²) in [5, 5.41) is 0. The molecule has 0 N–H and O–H groups in total. The minimum absolute atomic E-state index is 0.362. The Morgan fingerprint density at radius 2 is 1.17 bits per heavy atom. The molecule has 0 unspecified atom stereocenters. The lowest BCUT2D eigenvalue weighted by Crippen LogP contribution is -2.09. The summed E-state index contributed by atoms with van der Waals surface area (Å²) in [6.07, 6.45) is 2.79. The number of ether oxygens (including phenoxy) is 2. The van der Waals surface area contributed by atoms with Crippen LogP contribution in [0.25, 0.3) is 0 Å². The Hall–Kier alpha value is -3.14. The SMILES string of the molecule is C=C(C)C(=O)Oc1ccccc1CC.C=C(C)C(=O)Oc1ccccc1CCC. The molecule has 0 aliphatic carbocycles. The second-order valence-electron chi connectivity index (χ2n) is 6.66. The van der Waals surface area contributed by atoms with Crippen LogP contribution in [0.5, 0.6) is 11.5 Å². The van der Waals surface area contributed by atoms with Gasteiger partial charge < -0.3 is 9.47 Å². The lowest BCUT2D eigenvalue weighted by Gasteiger charge is -2.08. The van der Waals surface area contributed by atoms with Gasteiger partial charge in [-0.3, -0.25) is 0 Å². The smallest absolute Gasteiger partial charge is 0.338 e. The van der Waals surface area contributed by atoms with Crippen molar-refractivity contribution < 1.29 is 19.1 Å². The Labute approximate surface area is 173 Å². The van der Waals surface area contributed by atoms with Crippen molar-refractivity contribution in [2.75, 3.05) is 0 Å². The number of carbonyl (C=O) groups excluding carboxylic acids is 2. The molecule has 0 heterocycles. The summed E-state index contributed by atoms with van der Waals surface area (Å²) in [6, 6.07) is 15.1. The molecule has 4 nitrogen and oxygen atoms in total. The Bertz CT molecular complexity index is 865. The summed E-state index contributed by atoms with van der Waals surface area (Å²) in [5.41, 5.74) is 2.92. The Kier molecular flexibility index (Phi) is 10.2. The second-order valence-corrected chi connectivity index (χ2v) is 6.66. The summed E-state index contributed by atoms with van der Waals surface area (Å²) < 4.78 is 10.4. The Morgan fingerprint density at radius 1 is 0.759 bits per heavy atom. The highest BCUT2D eigenvalue weighted by atomic mass is 16.5. The molecule has 0 aliphatic heterocycles. The van der Waals surface area contributed by atoms with Gasteiger partial charge in [-0.25, -0.2) is 9.59 Å². The third kappa shape index (κ3) is 8.18. The van der Waals surface area contributed by atoms with Crippen LogP contribution < -0.4 is 9.47 Å². The first-order valence-corrected chi connectivity index (χ1v) is 9.71. The van der Waals surface area contributed by atoms with Gasteiger partial charge in [-0.15, -0.1) is 0 Å². The molecule has 0 fully saturated rings. The van der Waals surface area contributed by atoms with E-state index in [9.17, 15) is 9.59 Å². The van der Waals surface area contributed by atoms with E-state index in [-0.39, 0.29) is 11.9 Å². The molecule has 0 bridgehead atoms. The fraction of sp³-hybridized carbons (Fsp3) is 0.280. The van der Waals surface area contributed by atoms with Gasteiger partial charge in [0.15, 0.2) is 0 Å². The van der Waals surface area contributed by atoms with Crippen LogP contribution in [0.15, 0.2) is 72.8 Å². The monoisotopic (exact) mass is 394 g/mol. The number of hydrogen-bond acceptors (Lipinski definition) is 4. The molecule has 154 valence electrons. The van der Waals surface area contributed by atoms with Crippen LogP contribution in [0.1, 0.15) is 45.2 Å². The molecule has 2 rings (SSSR count). The predicted molar refractivity (Wildman–Crippen MR) is 117 cm³/mol. The molecule has 0 saturated heterocycles. The summed E-state index contributed by atoms with van der Waals surface area (Å²) >= 11 is 0. The molecular weight excluding hydrogens is 364 g/mol. The van der Waals surface area contributed by atoms with E-state index in [1.807, 2.05) is 49.4 Å². The van der Waals surface area contributed by atoms with E-state index in [1.54, 1.807) is 19.9 Å². The minimum atomic E-state index is -0.370. The fourth-order valence-corrected chi connectivity index (χ4v) is 2.35. The summed E-state index contributed by atoms with van der Waals surface area (Å²) in [5.74, 6) is 0.541. The van der Waals surface area contributed by atoms with Crippen molar-refractivity contribution in [3.8, 4) is 11.5 Å². The molecule has 0 aliphatic rings. The maximum absolute atomic E-state index is 11.3. The molecule has 0 amide bonds. The van der Waals surface area contributed by atoms with Gasteiger partial charge in [0, 0.05) is 11.1 Å². The van der Waals surface area contributed by atoms with Crippen molar-refractivity contribution in [3.63, 3.8) is 0 Å². The molecular formula is C25H30O4. The standard InChI is InChI=1S/C13H16O2.C12H14O2/c1-4-7-11-8-5-6-9-12(11)15-13(14)10(2)3;1-4-10-7-5-6-8-11(10)14-12(13)9(2)3/h5-6,8-9H,2,4,7H2,1,3H3;5-8H,2,4H2,1,3H3. The van der Waals surface area contributed by atoms with E-state index < -0.39 is 0 Å². The second kappa shape index (κ2) is 12.3. The zero-order valence-corrected chi connectivity index (χ0v) is 17.8. The summed E-state index contributed by atoms with van der Waals surface area (Å²) in [7, 11) is 0. The number of carbonyl (C=O) groups is 2. The van der Waals surface area contributed by atoms with Crippen LogP contribution >= 0.6 is 0 Å². The van der Waals surface area contributed by atoms with E-state index in [1.165, 1.54) is 0 Å². The number of esters is 2. The van der Waals surface area contributed by atoms with Crippen molar-refractivity contribution in [2.45, 2.75) is 47.0 Å². The molecule has 0 radical (unpaired) electrons. The molecule has 0 aromatic heterocycles. The van der Waals surface area contributed by atoms with E-state index >= 15 is 0 Å². The van der Waals surface area contributed by atoms with Crippen molar-refractivity contribution in [1.82, 2.24) is 0 Å². The number of benzene rings is 2. The molecule has 0 spiro atoms. The summed E-state index contributed by atoms with van der Waals surface area (Å²) in [6.45, 7) is 14.5. The molecule has 2 aromatic rings. The summed E-state index contributed by atoms with van der Waals surface area (Å²) in [4.78, 5) is 22.6. The van der Waals surface area contributed by atoms with Gasteiger partial charge in [0.05, 0.1) is 0 Å². The molecule has 2 aromatic carbocycles. The first kappa shape index (κ1) is 23.9. The lowest BCUT2D eigenvalue weighted by atomic mass is 10.1. The van der Waals surface area contributed by atoms with Crippen LogP contribution in [-0.2, 0) is 22.4 Å². The van der Waals surface area contributed by atoms with Crippen LogP contribution in [0, 0.1) is 0 Å². The number of rotatable bonds is 7. The van der Waals surface area contributed by atoms with Crippen molar-refractivity contribution in [2.24, 2.45) is 0 Å². The fourth-order valence-electron chi connectivity index (χ4n) is 2.35. The van der Waals surface area contributed by atoms with E-state index in [0.717, 1.165) is 30.4 Å². The van der Waals surface area contributed by atoms with E-state index in [4.69, 9.17) is 9.47 Å². The zero-order chi connectivity index (χ0) is 21.8. The highest BCUT2D eigenvalue weighted by molar-refractivity contribution is 5.89. The maximum atomic E-state index is 11.3. The Morgan fingerprint density at radius 3 is 1.59 bits per heavy atom. The maximum Gasteiger partial charge on any atom is 0.338 e. The molecule has 0 saturated carbocycles. The predicted octanol–water partition coefficient (Wildman–Crippen LogP) is 5.85. The van der Waals surface area contributed by atoms with Crippen LogP contribution in [-0.4, -0.2) is 11.9 Å². The number of aryl methyl sites for hydroxylation is 2. The Balaban J connectivity index is 0.000000291. The average Bonchev–Trinajstić information content (AvgIpc) is 2.70. The zero-order valence-electron chi connectivity index (χ0n) is 17.8. The first-order chi connectivity index (χ1) is 13.8. The van der Waals surface area contributed by atoms with E-state index in [0.29, 0.717) is 22.6 Å². The normalized spacial score (nSPS) is 9.66. The van der Waals surface area contributed by atoms with Crippen molar-refractivity contribution in [1.29, 1.82) is 0 Å². The van der Waals surface area contributed by atoms with E-state index in [2.05, 4.69) is 20.1 Å². The largest absolute Gasteiger partial charge is 0.423 e. The minimum Gasteiger partial charge on any atom is -0.423 e. The van der Waals surface area contributed by atoms with Crippen LogP contribution in [0.3, 0.4) is 0 Å². The van der Waals surface area contributed by atoms with Gasteiger partial charge in [-0.05, 0) is 49.9 Å². The molecule has 29 heavy (non-hydrogen) atoms. The lowest BCUT2D eigenvalue weighted by molar-refractivity contribution is -0.131. The highest BCUT2D eigenvalue weighted by Gasteiger charge is 2.09. The van der Waals surface area contributed by atoms with Crippen molar-refractivity contribution >= 4 is 11.9 Å². The number of hydrogen-bond donors (Lipinski definition) is 0. The van der Waals surface area contributed by atoms with Gasteiger partial charge in [0.25, 0.3) is 0 Å². The van der Waals surface area contributed by atoms with Gasteiger partial charge in [-0.1, -0.05) is 69.8 Å². The van der Waals surface area contributed by atoms with Crippen LogP contribution in [0.4, 0.5) is 0 Å². The molecule has 4 heteroatoms. The van der Waals surface area contributed by atoms with Crippen LogP contribution in [0.2, 0.25) is 0 Å². The first-order valence-electron chi connectivity index (χ1n) is 9.71. The van der Waals surface area contributed by atoms with Gasteiger partial charge in [0.2, 0.25) is 0 Å². The van der Waals surface area contributed by atoms with Crippen molar-refractivity contribution in [3.05, 3.63) is 84.0 Å². The highest BCUT2D eigenvalue weighted by Crippen LogP contribution is 2.20. The van der Waals surface area contributed by atoms with Gasteiger partial charge >= 0.3 is 11.9 Å². The third-order valence-electron chi connectivity index (χ3n) is 3.95. The van der Waals surface area contributed by atoms with Gasteiger partial charge in [-0.2, -0.15) is 0 Å². The molecule has 0 atom stereocenters. The van der Waals surface area contributed by atoms with Gasteiger partial charge in [0.1, 0.15) is 11.5 Å². The topological polar surface area (TPSA) is 52.6 Å². The average molecular weight is 395 g/mol.